The van der Waals surface area contributed by atoms with Gasteiger partial charge in [-0.2, -0.15) is 4.52 Å². The molecule has 31 heavy (non-hydrogen) atoms. The number of nitrogens with zero attached hydrogens (tertiary/aromatic N) is 6. The van der Waals surface area contributed by atoms with E-state index in [1.165, 1.54) is 30.6 Å². The molecule has 5 heterocycles. The first-order valence-electron chi connectivity index (χ1n) is 11.5. The number of anilines is 3. The molecule has 0 aromatic carbocycles. The molecule has 0 saturated heterocycles. The van der Waals surface area contributed by atoms with Crippen molar-refractivity contribution in [3.63, 3.8) is 0 Å². The number of nitrogens with one attached hydrogen (secondary N) is 1. The predicted molar refractivity (Wildman–Crippen MR) is 115 cm³/mol. The summed E-state index contributed by atoms with van der Waals surface area (Å²) in [6.07, 6.45) is 3.61. The van der Waals surface area contributed by atoms with Crippen LogP contribution in [0.2, 0.25) is 0 Å². The molecule has 5 rings (SSSR count). The fraction of sp³-hybridized carbons (Fsp3) is 0.227. The predicted octanol–water partition coefficient (Wildman–Crippen LogP) is 2.94. The highest BCUT2D eigenvalue weighted by Gasteiger charge is 2.21. The number of aromatic nitrogens is 5. The monoisotopic (exact) mass is 421 g/mol. The fourth-order valence-electron chi connectivity index (χ4n) is 3.30. The lowest BCUT2D eigenvalue weighted by Crippen LogP contribution is -2.33. The molecule has 4 aromatic rings. The van der Waals surface area contributed by atoms with Crippen LogP contribution in [0.5, 0.6) is 0 Å². The minimum Gasteiger partial charge on any atom is -0.352 e. The van der Waals surface area contributed by atoms with Gasteiger partial charge < -0.3 is 10.2 Å². The van der Waals surface area contributed by atoms with E-state index >= 15 is 0 Å². The van der Waals surface area contributed by atoms with Gasteiger partial charge in [0.15, 0.2) is 17.3 Å². The van der Waals surface area contributed by atoms with Crippen LogP contribution in [0, 0.1) is 19.7 Å². The summed E-state index contributed by atoms with van der Waals surface area (Å²) in [4.78, 5) is 25.5. The molecule has 8 nitrogen and oxygen atoms in total. The van der Waals surface area contributed by atoms with E-state index in [4.69, 9.17) is 5.48 Å². The molecule has 0 saturated carbocycles. The van der Waals surface area contributed by atoms with Gasteiger partial charge in [0.1, 0.15) is 0 Å². The molecule has 1 aliphatic rings. The molecule has 156 valence electrons. The molecule has 1 N–H and O–H groups in total. The molecule has 0 atom stereocenters. The van der Waals surface area contributed by atoms with Crippen LogP contribution in [0.3, 0.4) is 0 Å². The molecule has 9 heteroatoms. The smallest absolute Gasteiger partial charge is 0.274 e. The van der Waals surface area contributed by atoms with Crippen LogP contribution in [0.25, 0.3) is 5.65 Å². The summed E-state index contributed by atoms with van der Waals surface area (Å²) in [5.74, 6) is -0.619. The summed E-state index contributed by atoms with van der Waals surface area (Å²) in [6.45, 7) is -1.27. The van der Waals surface area contributed by atoms with Crippen molar-refractivity contribution in [2.24, 2.45) is 0 Å². The number of hydrogen-bond donors (Lipinski definition) is 1. The second-order valence-electron chi connectivity index (χ2n) is 7.13. The van der Waals surface area contributed by atoms with Gasteiger partial charge in [-0.15, -0.1) is 5.10 Å². The van der Waals surface area contributed by atoms with E-state index in [1.54, 1.807) is 19.9 Å². The minimum absolute atomic E-state index is 0.0394. The average molecular weight is 421 g/mol. The Morgan fingerprint density at radius 3 is 2.90 bits per heavy atom. The Morgan fingerprint density at radius 1 is 1.16 bits per heavy atom. The summed E-state index contributed by atoms with van der Waals surface area (Å²) in [5, 5.41) is 7.16. The highest BCUT2D eigenvalue weighted by molar-refractivity contribution is 5.61. The summed E-state index contributed by atoms with van der Waals surface area (Å²) in [7, 11) is 0. The minimum atomic E-state index is -2.41. The maximum atomic E-state index is 14.2. The maximum Gasteiger partial charge on any atom is 0.274 e. The van der Waals surface area contributed by atoms with E-state index in [0.717, 1.165) is 15.6 Å². The average Bonchev–Trinajstić information content (AvgIpc) is 2.77. The number of rotatable bonds is 3. The maximum absolute atomic E-state index is 14.2. The van der Waals surface area contributed by atoms with Gasteiger partial charge in [0.2, 0.25) is 0 Å². The first-order chi connectivity index (χ1) is 16.5. The van der Waals surface area contributed by atoms with Crippen LogP contribution >= 0.6 is 0 Å². The number of pyridine rings is 2. The van der Waals surface area contributed by atoms with Gasteiger partial charge in [-0.25, -0.2) is 9.37 Å². The summed E-state index contributed by atoms with van der Waals surface area (Å²) in [6, 6.07) is 5.76. The zero-order valence-corrected chi connectivity index (χ0v) is 16.7. The van der Waals surface area contributed by atoms with Crippen LogP contribution in [-0.4, -0.2) is 31.1 Å². The van der Waals surface area contributed by atoms with Crippen LogP contribution in [0.4, 0.5) is 21.6 Å². The van der Waals surface area contributed by atoms with Crippen LogP contribution < -0.4 is 15.8 Å². The highest BCUT2D eigenvalue weighted by Crippen LogP contribution is 2.27. The Labute approximate surface area is 183 Å². The molecule has 0 unspecified atom stereocenters. The molecule has 0 aliphatic carbocycles. The van der Waals surface area contributed by atoms with Crippen molar-refractivity contribution >= 4 is 22.8 Å². The van der Waals surface area contributed by atoms with E-state index in [0.29, 0.717) is 16.9 Å². The third-order valence-electron chi connectivity index (χ3n) is 4.83. The molecular formula is C22H20FN7O. The number of fused-ring (bicyclic) bond motifs is 2. The van der Waals surface area contributed by atoms with E-state index in [1.807, 2.05) is 0 Å². The van der Waals surface area contributed by atoms with Crippen molar-refractivity contribution in [3.05, 3.63) is 81.5 Å². The molecule has 0 radical (unpaired) electrons. The van der Waals surface area contributed by atoms with E-state index in [-0.39, 0.29) is 34.8 Å². The topological polar surface area (TPSA) is 88.3 Å². The van der Waals surface area contributed by atoms with Crippen molar-refractivity contribution in [1.82, 2.24) is 24.6 Å². The number of halogens is 1. The SMILES string of the molecule is [2H]C1([2H])Cc2ncc(Nc3cc(C)ncc3F)cc2C([2H])([2H])N1c1nn2c(=O)ccnc2cc1C. The Kier molecular flexibility index (Phi) is 3.59. The number of hydrogen-bond acceptors (Lipinski definition) is 7. The fourth-order valence-corrected chi connectivity index (χ4v) is 3.30. The highest BCUT2D eigenvalue weighted by atomic mass is 19.1. The lowest BCUT2D eigenvalue weighted by molar-refractivity contribution is 0.624. The first kappa shape index (κ1) is 15.0. The van der Waals surface area contributed by atoms with Gasteiger partial charge in [-0.05, 0) is 43.2 Å². The third-order valence-corrected chi connectivity index (χ3v) is 4.83. The Morgan fingerprint density at radius 2 is 2.03 bits per heavy atom. The molecule has 1 aliphatic heterocycles. The zero-order valence-electron chi connectivity index (χ0n) is 20.7. The van der Waals surface area contributed by atoms with Gasteiger partial charge in [-0.1, -0.05) is 0 Å². The Balaban J connectivity index is 1.63. The second kappa shape index (κ2) is 7.42. The van der Waals surface area contributed by atoms with Gasteiger partial charge >= 0.3 is 0 Å². The van der Waals surface area contributed by atoms with Crippen LogP contribution in [-0.2, 0) is 12.9 Å². The molecular weight excluding hydrogens is 397 g/mol. The van der Waals surface area contributed by atoms with Crippen molar-refractivity contribution in [1.29, 1.82) is 0 Å². The molecule has 0 bridgehead atoms. The van der Waals surface area contributed by atoms with Crippen LogP contribution in [0.1, 0.15) is 28.0 Å². The van der Waals surface area contributed by atoms with E-state index < -0.39 is 24.4 Å². The van der Waals surface area contributed by atoms with Crippen molar-refractivity contribution in [2.45, 2.75) is 26.8 Å². The van der Waals surface area contributed by atoms with Crippen molar-refractivity contribution in [2.75, 3.05) is 16.7 Å². The first-order valence-corrected chi connectivity index (χ1v) is 9.52. The Hall–Kier alpha value is -3.88. The summed E-state index contributed by atoms with van der Waals surface area (Å²) < 4.78 is 50.4. The van der Waals surface area contributed by atoms with E-state index in [9.17, 15) is 9.18 Å². The normalized spacial score (nSPS) is 18.5. The molecule has 0 fully saturated rings. The van der Waals surface area contributed by atoms with Gasteiger partial charge in [0.05, 0.1) is 26.5 Å². The standard InChI is InChI=1S/C22H20FN7O/c1-13-7-20-24-5-3-21(31)30(20)28-22(13)29-6-4-18-15(12-29)9-16(10-26-18)27-19-8-14(2)25-11-17(19)23/h3,5,7-11H,4,6,12H2,1-2H3,(H,25,27)/i6D2,12D2. The summed E-state index contributed by atoms with van der Waals surface area (Å²) in [5.41, 5.74) is 1.63. The van der Waals surface area contributed by atoms with E-state index in [2.05, 4.69) is 25.4 Å². The lowest BCUT2D eigenvalue weighted by atomic mass is 10.0. The quantitative estimate of drug-likeness (QED) is 0.544. The van der Waals surface area contributed by atoms with Crippen molar-refractivity contribution < 1.29 is 9.87 Å². The lowest BCUT2D eigenvalue weighted by Gasteiger charge is -2.30. The van der Waals surface area contributed by atoms with Crippen LogP contribution in [0.15, 0.2) is 47.7 Å². The molecule has 4 aromatic heterocycles. The van der Waals surface area contributed by atoms with Gasteiger partial charge in [0, 0.05) is 45.8 Å². The third kappa shape index (κ3) is 3.58. The largest absolute Gasteiger partial charge is 0.352 e. The zero-order chi connectivity index (χ0) is 25.1. The molecule has 0 spiro atoms. The van der Waals surface area contributed by atoms with Gasteiger partial charge in [-0.3, -0.25) is 14.8 Å². The Bertz CT molecular complexity index is 1540. The summed E-state index contributed by atoms with van der Waals surface area (Å²) >= 11 is 0. The molecule has 0 amide bonds. The number of aryl methyl sites for hydroxylation is 3. The van der Waals surface area contributed by atoms with Crippen molar-refractivity contribution in [3.8, 4) is 0 Å². The van der Waals surface area contributed by atoms with Gasteiger partial charge in [0.25, 0.3) is 5.56 Å². The second-order valence-corrected chi connectivity index (χ2v) is 7.13.